The Balaban J connectivity index is 1.78. The predicted octanol–water partition coefficient (Wildman–Crippen LogP) is -3.02. The maximum atomic E-state index is 11.9. The molecule has 10 N–H and O–H groups in total. The number of phosphoric ester groups is 1. The maximum absolute atomic E-state index is 11.9. The molecule has 3 heterocycles. The van der Waals surface area contributed by atoms with Crippen molar-refractivity contribution >= 4 is 40.6 Å². The van der Waals surface area contributed by atoms with Crippen molar-refractivity contribution in [1.82, 2.24) is 19.5 Å². The largest absolute Gasteiger partial charge is 0.490 e. The fourth-order valence-corrected chi connectivity index (χ4v) is 5.74. The van der Waals surface area contributed by atoms with Gasteiger partial charge in [-0.05, 0) is 0 Å². The van der Waals surface area contributed by atoms with Gasteiger partial charge in [0.2, 0.25) is 11.7 Å². The predicted molar refractivity (Wildman–Crippen MR) is 99.5 cm³/mol. The molecule has 33 heavy (non-hydrogen) atoms. The van der Waals surface area contributed by atoms with Gasteiger partial charge in [0, 0.05) is 0 Å². The number of nitrogens with one attached hydrogen (secondary N) is 1. The molecule has 186 valence electrons. The van der Waals surface area contributed by atoms with E-state index in [1.165, 1.54) is 0 Å². The molecule has 1 aliphatic rings. The number of phosphoric acid groups is 3. The van der Waals surface area contributed by atoms with Crippen LogP contribution in [0.5, 0.6) is 0 Å². The highest BCUT2D eigenvalue weighted by Crippen LogP contribution is 2.66. The summed E-state index contributed by atoms with van der Waals surface area (Å²) >= 11 is 0. The number of ether oxygens (including phenoxy) is 1. The summed E-state index contributed by atoms with van der Waals surface area (Å²) in [4.78, 5) is 57.1. The Morgan fingerprint density at radius 2 is 1.82 bits per heavy atom. The van der Waals surface area contributed by atoms with Crippen molar-refractivity contribution in [2.24, 2.45) is 0 Å². The van der Waals surface area contributed by atoms with Gasteiger partial charge in [0.1, 0.15) is 6.10 Å². The zero-order valence-corrected chi connectivity index (χ0v) is 18.4. The SMILES string of the molecule is Nc1nc2c(ncn2[C@@H]2O[C@H](COP(=O)(O)OP(=O)(O)OP(=O)(O)O)C(O)(O)[C@H]2O)c(=O)[nH]1. The van der Waals surface area contributed by atoms with Crippen LogP contribution in [0.3, 0.4) is 0 Å². The summed E-state index contributed by atoms with van der Waals surface area (Å²) in [6, 6.07) is 0. The Morgan fingerprint density at radius 3 is 2.42 bits per heavy atom. The molecule has 5 atom stereocenters. The molecule has 0 amide bonds. The van der Waals surface area contributed by atoms with E-state index >= 15 is 0 Å². The summed E-state index contributed by atoms with van der Waals surface area (Å²) in [6.07, 6.45) is -4.97. The molecule has 0 radical (unpaired) electrons. The van der Waals surface area contributed by atoms with E-state index < -0.39 is 59.9 Å². The second-order valence-electron chi connectivity index (χ2n) is 6.41. The summed E-state index contributed by atoms with van der Waals surface area (Å²) in [7, 11) is -17.0. The summed E-state index contributed by atoms with van der Waals surface area (Å²) in [5, 5.41) is 30.6. The third-order valence-corrected chi connectivity index (χ3v) is 7.82. The molecular formula is C10H16N5O15P3. The van der Waals surface area contributed by atoms with Crippen LogP contribution >= 0.6 is 23.5 Å². The second-order valence-corrected chi connectivity index (χ2v) is 10.8. The Kier molecular flexibility index (Phi) is 6.75. The molecule has 0 spiro atoms. The van der Waals surface area contributed by atoms with Gasteiger partial charge in [-0.25, -0.2) is 18.7 Å². The first kappa shape index (κ1) is 26.0. The Morgan fingerprint density at radius 1 is 1.18 bits per heavy atom. The average Bonchev–Trinajstić information content (AvgIpc) is 3.10. The van der Waals surface area contributed by atoms with Crippen LogP contribution in [0, 0.1) is 0 Å². The molecule has 20 nitrogen and oxygen atoms in total. The first-order valence-electron chi connectivity index (χ1n) is 8.21. The van der Waals surface area contributed by atoms with Crippen LogP contribution in [-0.2, 0) is 31.6 Å². The van der Waals surface area contributed by atoms with Gasteiger partial charge < -0.3 is 45.4 Å². The Bertz CT molecular complexity index is 1250. The quantitative estimate of drug-likeness (QED) is 0.119. The number of anilines is 1. The molecule has 0 aliphatic carbocycles. The van der Waals surface area contributed by atoms with Gasteiger partial charge in [0.15, 0.2) is 23.5 Å². The number of nitrogens with zero attached hydrogens (tertiary/aromatic N) is 3. The van der Waals surface area contributed by atoms with Crippen LogP contribution in [0.2, 0.25) is 0 Å². The van der Waals surface area contributed by atoms with E-state index in [0.717, 1.165) is 10.9 Å². The molecule has 1 fully saturated rings. The van der Waals surface area contributed by atoms with Crippen molar-refractivity contribution in [3.63, 3.8) is 0 Å². The smallest absolute Gasteiger partial charge is 0.383 e. The lowest BCUT2D eigenvalue weighted by molar-refractivity contribution is -0.234. The zero-order valence-electron chi connectivity index (χ0n) is 15.7. The van der Waals surface area contributed by atoms with Crippen LogP contribution in [0.1, 0.15) is 6.23 Å². The standard InChI is InChI=1S/C10H16N5O15P3/c11-9-13-6-4(7(17)14-9)12-2-15(6)8-5(16)10(18,19)3(28-8)1-27-32(23,24)30-33(25,26)29-31(20,21)22/h2-3,5,8,16,18-19H,1H2,(H,23,24)(H,25,26)(H2,20,21,22)(H3,11,13,14,17)/t3-,5+,8-/m1/s1. The molecular weight excluding hydrogens is 523 g/mol. The van der Waals surface area contributed by atoms with Crippen molar-refractivity contribution in [2.45, 2.75) is 24.2 Å². The normalized spacial score (nSPS) is 26.8. The first-order chi connectivity index (χ1) is 14.9. The number of aromatic nitrogens is 4. The molecule has 1 aliphatic heterocycles. The van der Waals surface area contributed by atoms with Crippen molar-refractivity contribution in [1.29, 1.82) is 0 Å². The number of nitrogen functional groups attached to an aromatic ring is 1. The van der Waals surface area contributed by atoms with Gasteiger partial charge in [0.25, 0.3) is 5.56 Å². The van der Waals surface area contributed by atoms with Crippen LogP contribution < -0.4 is 11.3 Å². The minimum absolute atomic E-state index is 0.232. The number of imidazole rings is 1. The van der Waals surface area contributed by atoms with Crippen molar-refractivity contribution < 1.29 is 66.5 Å². The number of rotatable bonds is 8. The molecule has 0 aromatic carbocycles. The van der Waals surface area contributed by atoms with Gasteiger partial charge in [-0.3, -0.25) is 18.9 Å². The highest BCUT2D eigenvalue weighted by molar-refractivity contribution is 7.66. The molecule has 2 aromatic heterocycles. The lowest BCUT2D eigenvalue weighted by Gasteiger charge is -2.25. The number of aliphatic hydroxyl groups excluding tert-OH is 1. The topological polar surface area (TPSA) is 319 Å². The molecule has 3 rings (SSSR count). The fourth-order valence-electron chi connectivity index (χ4n) is 2.72. The molecule has 1 saturated heterocycles. The van der Waals surface area contributed by atoms with Crippen molar-refractivity contribution in [3.05, 3.63) is 16.7 Å². The van der Waals surface area contributed by atoms with E-state index in [9.17, 15) is 38.7 Å². The van der Waals surface area contributed by atoms with Crippen LogP contribution in [0.15, 0.2) is 11.1 Å². The third kappa shape index (κ3) is 5.73. The van der Waals surface area contributed by atoms with Gasteiger partial charge >= 0.3 is 23.5 Å². The number of hydrogen-bond acceptors (Lipinski definition) is 14. The van der Waals surface area contributed by atoms with Crippen LogP contribution in [0.25, 0.3) is 11.2 Å². The highest BCUT2D eigenvalue weighted by Gasteiger charge is 2.56. The van der Waals surface area contributed by atoms with Gasteiger partial charge in [-0.1, -0.05) is 0 Å². The van der Waals surface area contributed by atoms with Gasteiger partial charge in [-0.2, -0.15) is 13.6 Å². The number of H-pyrrole nitrogens is 1. The number of aliphatic hydroxyl groups is 3. The molecule has 0 saturated carbocycles. The van der Waals surface area contributed by atoms with E-state index in [0.29, 0.717) is 0 Å². The number of hydrogen-bond donors (Lipinski definition) is 9. The van der Waals surface area contributed by atoms with E-state index in [1.54, 1.807) is 0 Å². The van der Waals surface area contributed by atoms with Crippen molar-refractivity contribution in [3.8, 4) is 0 Å². The number of nitrogens with two attached hydrogens (primary N) is 1. The van der Waals surface area contributed by atoms with E-state index in [2.05, 4.69) is 28.1 Å². The second kappa shape index (κ2) is 8.56. The van der Waals surface area contributed by atoms with Crippen LogP contribution in [-0.4, -0.2) is 79.0 Å². The third-order valence-electron chi connectivity index (χ3n) is 4.01. The highest BCUT2D eigenvalue weighted by atomic mass is 31.3. The lowest BCUT2D eigenvalue weighted by atomic mass is 10.1. The van der Waals surface area contributed by atoms with E-state index in [4.69, 9.17) is 25.2 Å². The number of aromatic amines is 1. The first-order valence-corrected chi connectivity index (χ1v) is 12.7. The minimum atomic E-state index is -5.81. The van der Waals surface area contributed by atoms with E-state index in [-0.39, 0.29) is 17.1 Å². The Labute approximate surface area is 180 Å². The molecule has 23 heteroatoms. The van der Waals surface area contributed by atoms with Crippen LogP contribution in [0.4, 0.5) is 5.95 Å². The van der Waals surface area contributed by atoms with Crippen molar-refractivity contribution in [2.75, 3.05) is 12.3 Å². The van der Waals surface area contributed by atoms with Gasteiger partial charge in [0.05, 0.1) is 12.9 Å². The monoisotopic (exact) mass is 539 g/mol. The summed E-state index contributed by atoms with van der Waals surface area (Å²) in [5.41, 5.74) is 4.21. The molecule has 0 bridgehead atoms. The Hall–Kier alpha value is -1.60. The molecule has 2 aromatic rings. The molecule has 2 unspecified atom stereocenters. The maximum Gasteiger partial charge on any atom is 0.490 e. The summed E-state index contributed by atoms with van der Waals surface area (Å²) < 4.78 is 51.2. The fraction of sp³-hybridized carbons (Fsp3) is 0.500. The summed E-state index contributed by atoms with van der Waals surface area (Å²) in [5.74, 6) is -3.51. The minimum Gasteiger partial charge on any atom is -0.383 e. The summed E-state index contributed by atoms with van der Waals surface area (Å²) in [6.45, 7) is -1.28. The van der Waals surface area contributed by atoms with E-state index in [1.807, 2.05) is 0 Å². The number of fused-ring (bicyclic) bond motifs is 1. The zero-order chi connectivity index (χ0) is 25.0. The average molecular weight is 539 g/mol. The van der Waals surface area contributed by atoms with Gasteiger partial charge in [-0.15, -0.1) is 0 Å². The lowest BCUT2D eigenvalue weighted by Crippen LogP contribution is -2.49.